The number of hydrogen-bond donors (Lipinski definition) is 0. The molecule has 0 N–H and O–H groups in total. The third-order valence-corrected chi connectivity index (χ3v) is 9.22. The van der Waals surface area contributed by atoms with Crippen LogP contribution in [0, 0.1) is 0 Å². The largest absolute Gasteiger partial charge is 0.250 e. The Morgan fingerprint density at radius 1 is 0.440 bits per heavy atom. The summed E-state index contributed by atoms with van der Waals surface area (Å²) in [4.78, 5) is 25.5. The summed E-state index contributed by atoms with van der Waals surface area (Å²) >= 11 is 0. The van der Waals surface area contributed by atoms with Crippen molar-refractivity contribution in [3.63, 3.8) is 0 Å². The van der Waals surface area contributed by atoms with E-state index in [0.717, 1.165) is 73.0 Å². The predicted molar refractivity (Wildman–Crippen MR) is 203 cm³/mol. The van der Waals surface area contributed by atoms with Crippen molar-refractivity contribution >= 4 is 21.8 Å². The first-order valence-corrected chi connectivity index (χ1v) is 16.9. The van der Waals surface area contributed by atoms with Gasteiger partial charge in [-0.3, -0.25) is 0 Å². The third kappa shape index (κ3) is 5.65. The molecule has 0 aliphatic heterocycles. The van der Waals surface area contributed by atoms with Crippen molar-refractivity contribution in [3.05, 3.63) is 176 Å². The summed E-state index contributed by atoms with van der Waals surface area (Å²) in [7, 11) is 0. The number of fused-ring (bicyclic) bond motifs is 3. The average Bonchev–Trinajstić information content (AvgIpc) is 3.21. The molecule has 1 aliphatic carbocycles. The second-order valence-corrected chi connectivity index (χ2v) is 12.5. The molecule has 3 heterocycles. The number of aromatic nitrogens is 5. The Bertz CT molecular complexity index is 2500. The van der Waals surface area contributed by atoms with Crippen LogP contribution in [0.5, 0.6) is 0 Å². The van der Waals surface area contributed by atoms with Crippen molar-refractivity contribution in [1.29, 1.82) is 0 Å². The Kier molecular flexibility index (Phi) is 7.56. The summed E-state index contributed by atoms with van der Waals surface area (Å²) in [6.07, 6.45) is 9.57. The molecule has 0 fully saturated rings. The van der Waals surface area contributed by atoms with E-state index in [1.54, 1.807) is 0 Å². The molecule has 5 heteroatoms. The van der Waals surface area contributed by atoms with Crippen LogP contribution in [0.3, 0.4) is 0 Å². The molecule has 1 unspecified atom stereocenters. The number of hydrogen-bond acceptors (Lipinski definition) is 5. The standard InChI is InChI=1S/C45H31N5/c1-5-14-30(15-6-1)39-27-25-32-24-26-37-38(29-40(31-16-7-2-8-17-31)47-42(37)41(32)46-39)35-22-13-23-36(28-35)45-49-43(33-18-9-3-10-19-33)48-44(50-45)34-20-11-4-12-21-34/h1-16,18-29,31H,17H2. The van der Waals surface area contributed by atoms with Crippen LogP contribution in [0.15, 0.2) is 170 Å². The van der Waals surface area contributed by atoms with Gasteiger partial charge >= 0.3 is 0 Å². The van der Waals surface area contributed by atoms with Crippen molar-refractivity contribution in [1.82, 2.24) is 24.9 Å². The van der Waals surface area contributed by atoms with E-state index < -0.39 is 0 Å². The van der Waals surface area contributed by atoms with Crippen molar-refractivity contribution < 1.29 is 0 Å². The van der Waals surface area contributed by atoms with E-state index in [2.05, 4.69) is 91.0 Å². The van der Waals surface area contributed by atoms with Gasteiger partial charge in [0, 0.05) is 44.6 Å². The van der Waals surface area contributed by atoms with Gasteiger partial charge < -0.3 is 0 Å². The van der Waals surface area contributed by atoms with Gasteiger partial charge in [-0.1, -0.05) is 152 Å². The molecule has 8 aromatic rings. The molecule has 0 saturated heterocycles. The molecule has 1 atom stereocenters. The number of benzene rings is 5. The molecule has 9 rings (SSSR count). The second-order valence-electron chi connectivity index (χ2n) is 12.5. The van der Waals surface area contributed by atoms with E-state index in [0.29, 0.717) is 17.5 Å². The Morgan fingerprint density at radius 3 is 1.70 bits per heavy atom. The van der Waals surface area contributed by atoms with Crippen LogP contribution in [-0.4, -0.2) is 24.9 Å². The minimum atomic E-state index is 0.171. The monoisotopic (exact) mass is 641 g/mol. The van der Waals surface area contributed by atoms with Crippen LogP contribution in [0.4, 0.5) is 0 Å². The highest BCUT2D eigenvalue weighted by Crippen LogP contribution is 2.37. The van der Waals surface area contributed by atoms with Crippen molar-refractivity contribution in [2.24, 2.45) is 0 Å². The Balaban J connectivity index is 1.24. The zero-order valence-corrected chi connectivity index (χ0v) is 27.2. The van der Waals surface area contributed by atoms with E-state index in [4.69, 9.17) is 24.9 Å². The second kappa shape index (κ2) is 12.8. The topological polar surface area (TPSA) is 64.5 Å². The van der Waals surface area contributed by atoms with Crippen LogP contribution in [0.2, 0.25) is 0 Å². The van der Waals surface area contributed by atoms with Gasteiger partial charge in [0.2, 0.25) is 0 Å². The molecular weight excluding hydrogens is 611 g/mol. The highest BCUT2D eigenvalue weighted by Gasteiger charge is 2.19. The van der Waals surface area contributed by atoms with Gasteiger partial charge in [0.25, 0.3) is 0 Å². The van der Waals surface area contributed by atoms with Crippen molar-refractivity contribution in [3.8, 4) is 56.5 Å². The minimum absolute atomic E-state index is 0.171. The smallest absolute Gasteiger partial charge is 0.164 e. The molecule has 236 valence electrons. The molecule has 5 nitrogen and oxygen atoms in total. The summed E-state index contributed by atoms with van der Waals surface area (Å²) < 4.78 is 0. The molecule has 5 aromatic carbocycles. The molecule has 0 bridgehead atoms. The van der Waals surface area contributed by atoms with Crippen LogP contribution in [0.25, 0.3) is 78.4 Å². The van der Waals surface area contributed by atoms with E-state index in [1.807, 2.05) is 78.9 Å². The van der Waals surface area contributed by atoms with Gasteiger partial charge in [-0.05, 0) is 35.7 Å². The lowest BCUT2D eigenvalue weighted by molar-refractivity contribution is 0.822. The SMILES string of the molecule is C1=CCC(c2cc(-c3cccc(-c4nc(-c5ccccc5)nc(-c5ccccc5)n4)c3)c3ccc4ccc(-c5ccccc5)nc4c3n2)C=C1. The molecule has 0 spiro atoms. The summed E-state index contributed by atoms with van der Waals surface area (Å²) in [5, 5.41) is 2.12. The highest BCUT2D eigenvalue weighted by molar-refractivity contribution is 6.09. The van der Waals surface area contributed by atoms with Crippen molar-refractivity contribution in [2.45, 2.75) is 12.3 Å². The molecular formula is C45H31N5. The predicted octanol–water partition coefficient (Wildman–Crippen LogP) is 10.9. The zero-order valence-electron chi connectivity index (χ0n) is 27.2. The zero-order chi connectivity index (χ0) is 33.3. The molecule has 3 aromatic heterocycles. The van der Waals surface area contributed by atoms with Crippen LogP contribution in [-0.2, 0) is 0 Å². The summed E-state index contributed by atoms with van der Waals surface area (Å²) in [6, 6.07) is 49.8. The first-order chi connectivity index (χ1) is 24.8. The molecule has 1 aliphatic rings. The van der Waals surface area contributed by atoms with Crippen molar-refractivity contribution in [2.75, 3.05) is 0 Å². The third-order valence-electron chi connectivity index (χ3n) is 9.22. The average molecular weight is 642 g/mol. The molecule has 0 radical (unpaired) electrons. The maximum atomic E-state index is 5.34. The fourth-order valence-electron chi connectivity index (χ4n) is 6.65. The Morgan fingerprint density at radius 2 is 1.04 bits per heavy atom. The van der Waals surface area contributed by atoms with Gasteiger partial charge in [0.1, 0.15) is 0 Å². The first-order valence-electron chi connectivity index (χ1n) is 16.9. The van der Waals surface area contributed by atoms with E-state index in [1.165, 1.54) is 0 Å². The van der Waals surface area contributed by atoms with Crippen LogP contribution >= 0.6 is 0 Å². The van der Waals surface area contributed by atoms with Gasteiger partial charge in [-0.2, -0.15) is 0 Å². The normalized spacial score (nSPS) is 14.0. The minimum Gasteiger partial charge on any atom is -0.250 e. The summed E-state index contributed by atoms with van der Waals surface area (Å²) in [6.45, 7) is 0. The Labute approximate surface area is 290 Å². The lowest BCUT2D eigenvalue weighted by atomic mass is 9.91. The Hall–Kier alpha value is -6.59. The van der Waals surface area contributed by atoms with E-state index >= 15 is 0 Å². The quantitative estimate of drug-likeness (QED) is 0.169. The van der Waals surface area contributed by atoms with Crippen LogP contribution < -0.4 is 0 Å². The van der Waals surface area contributed by atoms with Gasteiger partial charge in [0.15, 0.2) is 17.5 Å². The van der Waals surface area contributed by atoms with Gasteiger partial charge in [0.05, 0.1) is 16.7 Å². The number of allylic oxidation sites excluding steroid dienone is 4. The van der Waals surface area contributed by atoms with E-state index in [-0.39, 0.29) is 5.92 Å². The first kappa shape index (κ1) is 29.5. The number of pyridine rings is 2. The highest BCUT2D eigenvalue weighted by atomic mass is 15.0. The maximum Gasteiger partial charge on any atom is 0.164 e. The fraction of sp³-hybridized carbons (Fsp3) is 0.0444. The molecule has 0 saturated carbocycles. The lowest BCUT2D eigenvalue weighted by Crippen LogP contribution is -2.02. The fourth-order valence-corrected chi connectivity index (χ4v) is 6.65. The maximum absolute atomic E-state index is 5.34. The summed E-state index contributed by atoms with van der Waals surface area (Å²) in [5.74, 6) is 2.07. The summed E-state index contributed by atoms with van der Waals surface area (Å²) in [5.41, 5.74) is 9.80. The molecule has 0 amide bonds. The lowest BCUT2D eigenvalue weighted by Gasteiger charge is -2.17. The van der Waals surface area contributed by atoms with Crippen LogP contribution in [0.1, 0.15) is 18.0 Å². The van der Waals surface area contributed by atoms with E-state index in [9.17, 15) is 0 Å². The number of rotatable bonds is 6. The van der Waals surface area contributed by atoms with Gasteiger partial charge in [-0.25, -0.2) is 24.9 Å². The number of nitrogens with zero attached hydrogens (tertiary/aromatic N) is 5. The molecule has 50 heavy (non-hydrogen) atoms. The van der Waals surface area contributed by atoms with Gasteiger partial charge in [-0.15, -0.1) is 0 Å².